The summed E-state index contributed by atoms with van der Waals surface area (Å²) < 4.78 is 4.71. The first-order valence-electron chi connectivity index (χ1n) is 4.91. The third-order valence-corrected chi connectivity index (χ3v) is 2.39. The van der Waals surface area contributed by atoms with Crippen molar-refractivity contribution >= 4 is 17.8 Å². The van der Waals surface area contributed by atoms with Crippen molar-refractivity contribution in [3.63, 3.8) is 0 Å². The Morgan fingerprint density at radius 2 is 2.27 bits per heavy atom. The molecule has 1 aromatic carbocycles. The van der Waals surface area contributed by atoms with Gasteiger partial charge < -0.3 is 10.0 Å². The number of nitrogens with two attached hydrogens (primary N) is 1. The van der Waals surface area contributed by atoms with E-state index in [-0.39, 0.29) is 0 Å². The van der Waals surface area contributed by atoms with E-state index in [4.69, 9.17) is 21.9 Å². The number of rotatable bonds is 5. The monoisotopic (exact) mass is 227 g/mol. The minimum Gasteiger partial charge on any atom is -0.384 e. The lowest BCUT2D eigenvalue weighted by atomic mass is 10.0. The molecule has 0 aromatic heterocycles. The molecule has 1 amide bonds. The van der Waals surface area contributed by atoms with Crippen molar-refractivity contribution in [1.82, 2.24) is 0 Å². The molecule has 1 rings (SSSR count). The molecule has 0 aliphatic heterocycles. The van der Waals surface area contributed by atoms with Gasteiger partial charge in [-0.3, -0.25) is 4.79 Å². The highest BCUT2D eigenvalue weighted by molar-refractivity contribution is 6.10. The van der Waals surface area contributed by atoms with E-state index in [1.807, 2.05) is 6.07 Å². The number of hydrogen-bond donors (Lipinski definition) is 1. The third kappa shape index (κ3) is 2.86. The number of halogens is 1. The summed E-state index contributed by atoms with van der Waals surface area (Å²) in [5, 5.41) is 0. The lowest BCUT2D eigenvalue weighted by Crippen LogP contribution is -2.12. The molecule has 0 radical (unpaired) electrons. The van der Waals surface area contributed by atoms with Crippen LogP contribution in [-0.4, -0.2) is 5.91 Å². The van der Waals surface area contributed by atoms with Gasteiger partial charge in [0.15, 0.2) is 5.75 Å². The Labute approximate surface area is 94.3 Å². The highest BCUT2D eigenvalue weighted by atomic mass is 35.5. The van der Waals surface area contributed by atoms with E-state index in [0.29, 0.717) is 11.3 Å². The fraction of sp³-hybridized carbons (Fsp3) is 0.364. The smallest absolute Gasteiger partial charge is 0.252 e. The molecular formula is C11H14ClNO2. The van der Waals surface area contributed by atoms with Gasteiger partial charge in [0.25, 0.3) is 5.91 Å². The van der Waals surface area contributed by atoms with E-state index in [9.17, 15) is 4.79 Å². The third-order valence-electron chi connectivity index (χ3n) is 2.24. The minimum absolute atomic E-state index is 0.332. The Kier molecular flexibility index (Phi) is 4.43. The van der Waals surface area contributed by atoms with E-state index in [1.54, 1.807) is 12.1 Å². The first-order chi connectivity index (χ1) is 7.20. The van der Waals surface area contributed by atoms with Gasteiger partial charge in [0.1, 0.15) is 11.9 Å². The molecule has 15 heavy (non-hydrogen) atoms. The lowest BCUT2D eigenvalue weighted by Gasteiger charge is -2.08. The van der Waals surface area contributed by atoms with Gasteiger partial charge in [-0.1, -0.05) is 25.5 Å². The van der Waals surface area contributed by atoms with Crippen molar-refractivity contribution in [3.8, 4) is 5.75 Å². The molecular weight excluding hydrogens is 214 g/mol. The van der Waals surface area contributed by atoms with E-state index in [1.165, 1.54) is 0 Å². The zero-order valence-electron chi connectivity index (χ0n) is 8.63. The number of carbonyl (C=O) groups excluding carboxylic acids is 1. The molecule has 3 nitrogen and oxygen atoms in total. The van der Waals surface area contributed by atoms with Gasteiger partial charge in [0.05, 0.1) is 5.56 Å². The molecule has 0 aliphatic carbocycles. The topological polar surface area (TPSA) is 52.3 Å². The van der Waals surface area contributed by atoms with Gasteiger partial charge >= 0.3 is 0 Å². The van der Waals surface area contributed by atoms with Crippen LogP contribution in [0.2, 0.25) is 0 Å². The summed E-state index contributed by atoms with van der Waals surface area (Å²) in [6.07, 6.45) is 2.93. The molecule has 0 atom stereocenters. The quantitative estimate of drug-likeness (QED) is 0.841. The Bertz CT molecular complexity index is 352. The van der Waals surface area contributed by atoms with Crippen molar-refractivity contribution in [2.24, 2.45) is 5.73 Å². The summed E-state index contributed by atoms with van der Waals surface area (Å²) in [6, 6.07) is 5.28. The fourth-order valence-corrected chi connectivity index (χ4v) is 1.62. The maximum absolute atomic E-state index is 11.1. The SMILES string of the molecule is CCCCc1cccc(C(N)=O)c1OCl. The van der Waals surface area contributed by atoms with Gasteiger partial charge in [-0.05, 0) is 24.5 Å². The Balaban J connectivity index is 3.04. The van der Waals surface area contributed by atoms with Gasteiger partial charge in [-0.25, -0.2) is 0 Å². The average molecular weight is 228 g/mol. The van der Waals surface area contributed by atoms with Crippen LogP contribution in [0, 0.1) is 0 Å². The number of para-hydroxylation sites is 1. The molecule has 0 spiro atoms. The number of primary amides is 1. The molecule has 0 saturated heterocycles. The zero-order chi connectivity index (χ0) is 11.3. The molecule has 0 bridgehead atoms. The molecule has 0 aliphatic rings. The van der Waals surface area contributed by atoms with Crippen molar-refractivity contribution in [3.05, 3.63) is 29.3 Å². The first kappa shape index (κ1) is 11.9. The van der Waals surface area contributed by atoms with E-state index < -0.39 is 5.91 Å². The van der Waals surface area contributed by atoms with Crippen molar-refractivity contribution in [2.45, 2.75) is 26.2 Å². The number of amides is 1. The highest BCUT2D eigenvalue weighted by Gasteiger charge is 2.13. The van der Waals surface area contributed by atoms with Crippen molar-refractivity contribution < 1.29 is 9.08 Å². The molecule has 0 heterocycles. The standard InChI is InChI=1S/C11H14ClNO2/c1-2-3-5-8-6-4-7-9(11(13)14)10(8)15-12/h4,6-7H,2-3,5H2,1H3,(H2,13,14). The number of unbranched alkanes of at least 4 members (excludes halogenated alkanes) is 1. The van der Waals surface area contributed by atoms with E-state index >= 15 is 0 Å². The summed E-state index contributed by atoms with van der Waals surface area (Å²) in [5.41, 5.74) is 6.46. The number of benzene rings is 1. The molecule has 0 fully saturated rings. The lowest BCUT2D eigenvalue weighted by molar-refractivity contribution is 0.0998. The minimum atomic E-state index is -0.524. The van der Waals surface area contributed by atoms with Crippen LogP contribution < -0.4 is 10.0 Å². The predicted molar refractivity (Wildman–Crippen MR) is 60.1 cm³/mol. The van der Waals surface area contributed by atoms with Gasteiger partial charge in [-0.15, -0.1) is 0 Å². The van der Waals surface area contributed by atoms with Gasteiger partial charge in [0.2, 0.25) is 0 Å². The van der Waals surface area contributed by atoms with E-state index in [0.717, 1.165) is 24.8 Å². The van der Waals surface area contributed by atoms with Crippen LogP contribution in [0.1, 0.15) is 35.7 Å². The van der Waals surface area contributed by atoms with Crippen LogP contribution >= 0.6 is 11.9 Å². The Morgan fingerprint density at radius 3 is 2.80 bits per heavy atom. The normalized spacial score (nSPS) is 10.0. The molecule has 0 saturated carbocycles. The second-order valence-corrected chi connectivity index (χ2v) is 3.49. The molecule has 4 heteroatoms. The second-order valence-electron chi connectivity index (χ2n) is 3.34. The first-order valence-corrected chi connectivity index (χ1v) is 5.21. The van der Waals surface area contributed by atoms with E-state index in [2.05, 4.69) is 6.92 Å². The number of aryl methyl sites for hydroxylation is 1. The zero-order valence-corrected chi connectivity index (χ0v) is 9.38. The molecule has 0 unspecified atom stereocenters. The second kappa shape index (κ2) is 5.61. The largest absolute Gasteiger partial charge is 0.384 e. The highest BCUT2D eigenvalue weighted by Crippen LogP contribution is 2.26. The Morgan fingerprint density at radius 1 is 1.53 bits per heavy atom. The van der Waals surface area contributed by atoms with Crippen LogP contribution in [0.25, 0.3) is 0 Å². The predicted octanol–water partition coefficient (Wildman–Crippen LogP) is 2.66. The van der Waals surface area contributed by atoms with Crippen LogP contribution in [0.5, 0.6) is 5.75 Å². The average Bonchev–Trinajstić information content (AvgIpc) is 2.25. The Hall–Kier alpha value is -1.22. The van der Waals surface area contributed by atoms with Gasteiger partial charge in [-0.2, -0.15) is 0 Å². The van der Waals surface area contributed by atoms with Crippen LogP contribution in [0.3, 0.4) is 0 Å². The maximum atomic E-state index is 11.1. The summed E-state index contributed by atoms with van der Waals surface area (Å²) in [6.45, 7) is 2.10. The summed E-state index contributed by atoms with van der Waals surface area (Å²) >= 11 is 5.35. The van der Waals surface area contributed by atoms with Crippen LogP contribution in [0.4, 0.5) is 0 Å². The number of carbonyl (C=O) groups is 1. The van der Waals surface area contributed by atoms with Crippen LogP contribution in [-0.2, 0) is 6.42 Å². The van der Waals surface area contributed by atoms with Crippen LogP contribution in [0.15, 0.2) is 18.2 Å². The number of hydrogen-bond acceptors (Lipinski definition) is 2. The fourth-order valence-electron chi connectivity index (χ4n) is 1.43. The summed E-state index contributed by atoms with van der Waals surface area (Å²) in [4.78, 5) is 11.1. The molecule has 2 N–H and O–H groups in total. The summed E-state index contributed by atoms with van der Waals surface area (Å²) in [5.74, 6) is -0.135. The van der Waals surface area contributed by atoms with Crippen molar-refractivity contribution in [2.75, 3.05) is 0 Å². The van der Waals surface area contributed by atoms with Crippen molar-refractivity contribution in [1.29, 1.82) is 0 Å². The van der Waals surface area contributed by atoms with Gasteiger partial charge in [0, 0.05) is 0 Å². The summed E-state index contributed by atoms with van der Waals surface area (Å²) in [7, 11) is 0. The molecule has 1 aromatic rings. The maximum Gasteiger partial charge on any atom is 0.252 e. The molecule has 82 valence electrons.